The maximum absolute atomic E-state index is 10.3. The van der Waals surface area contributed by atoms with Crippen LogP contribution in [0.2, 0.25) is 0 Å². The molecule has 0 bridgehead atoms. The number of hydrogen-bond acceptors (Lipinski definition) is 3. The van der Waals surface area contributed by atoms with E-state index in [-0.39, 0.29) is 0 Å². The Morgan fingerprint density at radius 3 is 2.67 bits per heavy atom. The van der Waals surface area contributed by atoms with Crippen LogP contribution >= 0.6 is 0 Å². The van der Waals surface area contributed by atoms with E-state index in [4.69, 9.17) is 0 Å². The van der Waals surface area contributed by atoms with Crippen molar-refractivity contribution in [2.45, 2.75) is 38.8 Å². The molecule has 2 rings (SSSR count). The Bertz CT molecular complexity index is 386. The van der Waals surface area contributed by atoms with Crippen molar-refractivity contribution in [2.75, 3.05) is 24.5 Å². The zero-order chi connectivity index (χ0) is 13.2. The van der Waals surface area contributed by atoms with Crippen LogP contribution in [-0.4, -0.2) is 36.4 Å². The smallest absolute Gasteiger partial charge is 0.0917 e. The highest BCUT2D eigenvalue weighted by atomic mass is 16.3. The first-order valence-corrected chi connectivity index (χ1v) is 6.80. The molecule has 2 atom stereocenters. The molecule has 2 N–H and O–H groups in total. The molecular formula is C15H24N2O. The van der Waals surface area contributed by atoms with Crippen LogP contribution in [0.5, 0.6) is 0 Å². The van der Waals surface area contributed by atoms with Gasteiger partial charge in [0.1, 0.15) is 0 Å². The van der Waals surface area contributed by atoms with Gasteiger partial charge in [-0.15, -0.1) is 0 Å². The van der Waals surface area contributed by atoms with Gasteiger partial charge in [-0.25, -0.2) is 0 Å². The second-order valence-corrected chi connectivity index (χ2v) is 5.62. The molecule has 18 heavy (non-hydrogen) atoms. The first-order chi connectivity index (χ1) is 8.52. The Morgan fingerprint density at radius 1 is 1.39 bits per heavy atom. The normalized spacial score (nSPS) is 29.1. The lowest BCUT2D eigenvalue weighted by molar-refractivity contribution is 0.0726. The van der Waals surface area contributed by atoms with Crippen molar-refractivity contribution in [3.05, 3.63) is 29.8 Å². The molecule has 3 nitrogen and oxygen atoms in total. The summed E-state index contributed by atoms with van der Waals surface area (Å²) in [6.45, 7) is 8.49. The number of anilines is 1. The van der Waals surface area contributed by atoms with Crippen molar-refractivity contribution in [2.24, 2.45) is 0 Å². The minimum absolute atomic E-state index is 0.395. The van der Waals surface area contributed by atoms with Crippen LogP contribution in [0.1, 0.15) is 26.3 Å². The van der Waals surface area contributed by atoms with Crippen LogP contribution in [0, 0.1) is 0 Å². The van der Waals surface area contributed by atoms with Gasteiger partial charge in [-0.3, -0.25) is 0 Å². The largest absolute Gasteiger partial charge is 0.387 e. The van der Waals surface area contributed by atoms with Crippen molar-refractivity contribution in [3.8, 4) is 0 Å². The van der Waals surface area contributed by atoms with E-state index >= 15 is 0 Å². The first kappa shape index (κ1) is 13.4. The van der Waals surface area contributed by atoms with E-state index < -0.39 is 5.60 Å². The zero-order valence-corrected chi connectivity index (χ0v) is 11.6. The van der Waals surface area contributed by atoms with E-state index in [0.29, 0.717) is 19.1 Å². The van der Waals surface area contributed by atoms with Crippen molar-refractivity contribution < 1.29 is 5.11 Å². The Morgan fingerprint density at radius 2 is 2.06 bits per heavy atom. The highest BCUT2D eigenvalue weighted by molar-refractivity contribution is 5.49. The Balaban J connectivity index is 2.22. The summed E-state index contributed by atoms with van der Waals surface area (Å²) in [5, 5.41) is 13.6. The summed E-state index contributed by atoms with van der Waals surface area (Å²) in [4.78, 5) is 2.29. The fourth-order valence-electron chi connectivity index (χ4n) is 2.51. The van der Waals surface area contributed by atoms with Gasteiger partial charge in [0.15, 0.2) is 0 Å². The van der Waals surface area contributed by atoms with E-state index in [2.05, 4.69) is 48.3 Å². The molecule has 1 saturated heterocycles. The van der Waals surface area contributed by atoms with E-state index in [1.165, 1.54) is 11.3 Å². The Kier molecular flexibility index (Phi) is 3.93. The number of rotatable bonds is 2. The van der Waals surface area contributed by atoms with E-state index in [9.17, 15) is 5.11 Å². The number of benzene rings is 1. The number of aliphatic hydroxyl groups is 1. The lowest BCUT2D eigenvalue weighted by atomic mass is 10.1. The Hall–Kier alpha value is -1.06. The topological polar surface area (TPSA) is 35.5 Å². The van der Waals surface area contributed by atoms with Crippen molar-refractivity contribution in [3.63, 3.8) is 0 Å². The molecule has 1 aromatic carbocycles. The van der Waals surface area contributed by atoms with Gasteiger partial charge < -0.3 is 15.3 Å². The third-order valence-corrected chi connectivity index (χ3v) is 3.66. The predicted molar refractivity (Wildman–Crippen MR) is 76.1 cm³/mol. The van der Waals surface area contributed by atoms with Gasteiger partial charge >= 0.3 is 0 Å². The fourth-order valence-corrected chi connectivity index (χ4v) is 2.51. The molecule has 0 aliphatic carbocycles. The van der Waals surface area contributed by atoms with Crippen molar-refractivity contribution >= 4 is 5.69 Å². The molecular weight excluding hydrogens is 224 g/mol. The summed E-state index contributed by atoms with van der Waals surface area (Å²) in [6.07, 6.45) is 1.06. The number of nitrogens with one attached hydrogen (secondary N) is 1. The molecule has 1 fully saturated rings. The van der Waals surface area contributed by atoms with Gasteiger partial charge in [0.05, 0.1) is 5.60 Å². The molecule has 0 saturated carbocycles. The molecule has 100 valence electrons. The zero-order valence-electron chi connectivity index (χ0n) is 11.6. The molecule has 0 amide bonds. The molecule has 1 aliphatic heterocycles. The van der Waals surface area contributed by atoms with Gasteiger partial charge in [-0.2, -0.15) is 0 Å². The minimum atomic E-state index is -0.672. The van der Waals surface area contributed by atoms with E-state index in [1.54, 1.807) is 0 Å². The summed E-state index contributed by atoms with van der Waals surface area (Å²) in [5.41, 5.74) is 1.88. The second kappa shape index (κ2) is 5.29. The maximum atomic E-state index is 10.3. The third-order valence-electron chi connectivity index (χ3n) is 3.66. The standard InChI is InChI=1S/C15H24N2O/c1-4-13-5-7-14(8-6-13)17-11-15(3,18)10-16-9-12(17)2/h5-8,12,16,18H,4,9-11H2,1-3H3. The number of β-amino-alcohol motifs (C(OH)–C–C–N with tert-alkyl or cyclic N) is 1. The van der Waals surface area contributed by atoms with Gasteiger partial charge in [0, 0.05) is 31.4 Å². The molecule has 0 aromatic heterocycles. The first-order valence-electron chi connectivity index (χ1n) is 6.80. The summed E-state index contributed by atoms with van der Waals surface area (Å²) in [6, 6.07) is 9.07. The molecule has 1 heterocycles. The SMILES string of the molecule is CCc1ccc(N2CC(C)(O)CNCC2C)cc1. The summed E-state index contributed by atoms with van der Waals surface area (Å²) in [5.74, 6) is 0. The molecule has 0 spiro atoms. The minimum Gasteiger partial charge on any atom is -0.387 e. The van der Waals surface area contributed by atoms with Crippen LogP contribution in [0.15, 0.2) is 24.3 Å². The Labute approximate surface area is 110 Å². The van der Waals surface area contributed by atoms with Gasteiger partial charge in [0.2, 0.25) is 0 Å². The summed E-state index contributed by atoms with van der Waals surface area (Å²) < 4.78 is 0. The molecule has 0 radical (unpaired) electrons. The number of nitrogens with zero attached hydrogens (tertiary/aromatic N) is 1. The molecule has 2 unspecified atom stereocenters. The monoisotopic (exact) mass is 248 g/mol. The van der Waals surface area contributed by atoms with Crippen LogP contribution in [0.25, 0.3) is 0 Å². The quantitative estimate of drug-likeness (QED) is 0.838. The summed E-state index contributed by atoms with van der Waals surface area (Å²) >= 11 is 0. The lowest BCUT2D eigenvalue weighted by Crippen LogP contribution is -2.45. The van der Waals surface area contributed by atoms with Gasteiger partial charge in [0.25, 0.3) is 0 Å². The van der Waals surface area contributed by atoms with Gasteiger partial charge in [-0.05, 0) is 38.0 Å². The van der Waals surface area contributed by atoms with Crippen molar-refractivity contribution in [1.82, 2.24) is 5.32 Å². The highest BCUT2D eigenvalue weighted by Gasteiger charge is 2.29. The maximum Gasteiger partial charge on any atom is 0.0917 e. The molecule has 3 heteroatoms. The average molecular weight is 248 g/mol. The average Bonchev–Trinajstić information content (AvgIpc) is 2.48. The van der Waals surface area contributed by atoms with Crippen LogP contribution in [0.3, 0.4) is 0 Å². The summed E-state index contributed by atoms with van der Waals surface area (Å²) in [7, 11) is 0. The second-order valence-electron chi connectivity index (χ2n) is 5.62. The third kappa shape index (κ3) is 3.03. The van der Waals surface area contributed by atoms with Crippen LogP contribution in [-0.2, 0) is 6.42 Å². The molecule has 1 aliphatic rings. The van der Waals surface area contributed by atoms with Crippen molar-refractivity contribution in [1.29, 1.82) is 0 Å². The number of aryl methyl sites for hydroxylation is 1. The molecule has 1 aromatic rings. The van der Waals surface area contributed by atoms with Gasteiger partial charge in [-0.1, -0.05) is 19.1 Å². The predicted octanol–water partition coefficient (Wildman–Crippen LogP) is 1.80. The van der Waals surface area contributed by atoms with E-state index in [1.807, 2.05) is 6.92 Å². The fraction of sp³-hybridized carbons (Fsp3) is 0.600. The van der Waals surface area contributed by atoms with E-state index in [0.717, 1.165) is 13.0 Å². The lowest BCUT2D eigenvalue weighted by Gasteiger charge is -2.33. The number of hydrogen-bond donors (Lipinski definition) is 2. The van der Waals surface area contributed by atoms with Crippen LogP contribution < -0.4 is 10.2 Å². The highest BCUT2D eigenvalue weighted by Crippen LogP contribution is 2.22. The van der Waals surface area contributed by atoms with Crippen LogP contribution in [0.4, 0.5) is 5.69 Å².